The Bertz CT molecular complexity index is 823. The van der Waals surface area contributed by atoms with Gasteiger partial charge in [-0.25, -0.2) is 17.6 Å². The molecule has 6 nitrogen and oxygen atoms in total. The number of aliphatic imine (C=N–C) groups is 1. The van der Waals surface area contributed by atoms with E-state index in [-0.39, 0.29) is 17.1 Å². The van der Waals surface area contributed by atoms with E-state index >= 15 is 0 Å². The van der Waals surface area contributed by atoms with Crippen molar-refractivity contribution in [2.45, 2.75) is 59.3 Å². The van der Waals surface area contributed by atoms with Crippen molar-refractivity contribution in [1.29, 1.82) is 0 Å². The number of phenolic OH excluding ortho intramolecular Hbond substituents is 1. The SMILES string of the molecule is CCC(=NC(=O)OC(C)(C)C)C(C)(C)CS(=O)(=O)Cc1cc(O)ccc1F. The molecule has 152 valence electrons. The number of aromatic hydroxyl groups is 1. The first-order valence-corrected chi connectivity index (χ1v) is 10.5. The molecule has 0 heterocycles. The summed E-state index contributed by atoms with van der Waals surface area (Å²) in [4.78, 5) is 15.9. The van der Waals surface area contributed by atoms with Gasteiger partial charge < -0.3 is 9.84 Å². The maximum absolute atomic E-state index is 13.8. The van der Waals surface area contributed by atoms with Gasteiger partial charge in [0.1, 0.15) is 17.2 Å². The van der Waals surface area contributed by atoms with E-state index in [0.717, 1.165) is 18.2 Å². The molecule has 1 aromatic carbocycles. The first-order valence-electron chi connectivity index (χ1n) is 8.64. The topological polar surface area (TPSA) is 93.0 Å². The van der Waals surface area contributed by atoms with E-state index in [1.165, 1.54) is 0 Å². The first-order chi connectivity index (χ1) is 12.1. The zero-order chi connectivity index (χ0) is 21.0. The van der Waals surface area contributed by atoms with Crippen molar-refractivity contribution in [3.05, 3.63) is 29.6 Å². The summed E-state index contributed by atoms with van der Waals surface area (Å²) < 4.78 is 44.2. The van der Waals surface area contributed by atoms with Crippen LogP contribution >= 0.6 is 0 Å². The smallest absolute Gasteiger partial charge is 0.434 e. The van der Waals surface area contributed by atoms with Gasteiger partial charge in [-0.15, -0.1) is 0 Å². The van der Waals surface area contributed by atoms with Crippen LogP contribution < -0.4 is 0 Å². The van der Waals surface area contributed by atoms with Crippen molar-refractivity contribution < 1.29 is 27.4 Å². The van der Waals surface area contributed by atoms with Crippen LogP contribution in [0.1, 0.15) is 53.5 Å². The Morgan fingerprint density at radius 1 is 1.22 bits per heavy atom. The van der Waals surface area contributed by atoms with E-state index < -0.39 is 38.5 Å². The van der Waals surface area contributed by atoms with Crippen LogP contribution in [-0.4, -0.2) is 36.7 Å². The minimum Gasteiger partial charge on any atom is -0.508 e. The number of benzene rings is 1. The highest BCUT2D eigenvalue weighted by Gasteiger charge is 2.32. The molecular weight excluding hydrogens is 373 g/mol. The molecule has 1 amide bonds. The molecule has 27 heavy (non-hydrogen) atoms. The van der Waals surface area contributed by atoms with Crippen LogP contribution in [-0.2, 0) is 20.3 Å². The highest BCUT2D eigenvalue weighted by molar-refractivity contribution is 7.90. The van der Waals surface area contributed by atoms with Crippen molar-refractivity contribution in [2.24, 2.45) is 10.4 Å². The molecule has 0 atom stereocenters. The van der Waals surface area contributed by atoms with Crippen LogP contribution in [0.4, 0.5) is 9.18 Å². The molecule has 0 aliphatic heterocycles. The lowest BCUT2D eigenvalue weighted by Crippen LogP contribution is -2.34. The molecule has 0 fully saturated rings. The molecule has 0 saturated carbocycles. The van der Waals surface area contributed by atoms with Crippen LogP contribution in [0.25, 0.3) is 0 Å². The van der Waals surface area contributed by atoms with Gasteiger partial charge in [-0.05, 0) is 45.4 Å². The normalized spacial score (nSPS) is 13.5. The van der Waals surface area contributed by atoms with Crippen LogP contribution in [0.3, 0.4) is 0 Å². The number of hydrogen-bond acceptors (Lipinski definition) is 5. The van der Waals surface area contributed by atoms with E-state index in [2.05, 4.69) is 4.99 Å². The molecule has 0 unspecified atom stereocenters. The largest absolute Gasteiger partial charge is 0.508 e. The van der Waals surface area contributed by atoms with Gasteiger partial charge in [0, 0.05) is 16.7 Å². The van der Waals surface area contributed by atoms with Gasteiger partial charge in [-0.1, -0.05) is 20.8 Å². The Morgan fingerprint density at radius 3 is 2.33 bits per heavy atom. The molecule has 1 aromatic rings. The Labute approximate surface area is 160 Å². The van der Waals surface area contributed by atoms with Crippen molar-refractivity contribution in [3.8, 4) is 5.75 Å². The lowest BCUT2D eigenvalue weighted by molar-refractivity contribution is 0.0602. The number of sulfone groups is 1. The molecule has 8 heteroatoms. The third-order valence-electron chi connectivity index (χ3n) is 3.72. The molecule has 0 radical (unpaired) electrons. The Balaban J connectivity index is 3.04. The summed E-state index contributed by atoms with van der Waals surface area (Å²) in [5, 5.41) is 9.45. The van der Waals surface area contributed by atoms with Gasteiger partial charge in [-0.2, -0.15) is 4.99 Å². The number of nitrogens with zero attached hydrogens (tertiary/aromatic N) is 1. The molecule has 0 spiro atoms. The minimum atomic E-state index is -3.74. The highest BCUT2D eigenvalue weighted by atomic mass is 32.2. The standard InChI is InChI=1S/C19H28FNO5S/c1-7-16(21-17(23)26-18(2,3)4)19(5,6)12-27(24,25)11-13-10-14(22)8-9-15(13)20/h8-10,22H,7,11-12H2,1-6H3. The van der Waals surface area contributed by atoms with Gasteiger partial charge in [-0.3, -0.25) is 0 Å². The summed E-state index contributed by atoms with van der Waals surface area (Å²) >= 11 is 0. The highest BCUT2D eigenvalue weighted by Crippen LogP contribution is 2.26. The van der Waals surface area contributed by atoms with Crippen LogP contribution in [0.5, 0.6) is 5.75 Å². The monoisotopic (exact) mass is 401 g/mol. The number of rotatable bonds is 6. The van der Waals surface area contributed by atoms with Crippen molar-refractivity contribution in [1.82, 2.24) is 0 Å². The molecule has 0 bridgehead atoms. The molecular formula is C19H28FNO5S. The van der Waals surface area contributed by atoms with E-state index in [1.807, 2.05) is 0 Å². The lowest BCUT2D eigenvalue weighted by Gasteiger charge is -2.26. The molecule has 0 aromatic heterocycles. The number of ether oxygens (including phenoxy) is 1. The second-order valence-electron chi connectivity index (χ2n) is 8.08. The fourth-order valence-corrected chi connectivity index (χ4v) is 4.76. The average molecular weight is 402 g/mol. The number of hydrogen-bond donors (Lipinski definition) is 1. The third-order valence-corrected chi connectivity index (χ3v) is 5.63. The Hall–Kier alpha value is -1.96. The Morgan fingerprint density at radius 2 is 1.81 bits per heavy atom. The maximum atomic E-state index is 13.8. The summed E-state index contributed by atoms with van der Waals surface area (Å²) in [6.45, 7) is 10.2. The van der Waals surface area contributed by atoms with Crippen molar-refractivity contribution in [3.63, 3.8) is 0 Å². The van der Waals surface area contributed by atoms with Crippen LogP contribution in [0, 0.1) is 11.2 Å². The second-order valence-corrected chi connectivity index (χ2v) is 10.1. The zero-order valence-electron chi connectivity index (χ0n) is 16.7. The summed E-state index contributed by atoms with van der Waals surface area (Å²) in [5.74, 6) is -1.79. The van der Waals surface area contributed by atoms with Crippen LogP contribution in [0.2, 0.25) is 0 Å². The zero-order valence-corrected chi connectivity index (χ0v) is 17.5. The predicted molar refractivity (Wildman–Crippen MR) is 103 cm³/mol. The molecule has 0 saturated heterocycles. The third kappa shape index (κ3) is 7.66. The summed E-state index contributed by atoms with van der Waals surface area (Å²) in [6.07, 6.45) is -0.411. The molecule has 1 rings (SSSR count). The van der Waals surface area contributed by atoms with E-state index in [4.69, 9.17) is 4.74 Å². The minimum absolute atomic E-state index is 0.104. The molecule has 1 N–H and O–H groups in total. The predicted octanol–water partition coefficient (Wildman–Crippen LogP) is 4.26. The van der Waals surface area contributed by atoms with Gasteiger partial charge in [0.15, 0.2) is 9.84 Å². The quantitative estimate of drug-likeness (QED) is 0.719. The number of phenols is 1. The van der Waals surface area contributed by atoms with Gasteiger partial charge in [0.25, 0.3) is 0 Å². The summed E-state index contributed by atoms with van der Waals surface area (Å²) in [5.41, 5.74) is -1.37. The number of carbonyl (C=O) groups is 1. The summed E-state index contributed by atoms with van der Waals surface area (Å²) in [6, 6.07) is 3.26. The van der Waals surface area contributed by atoms with Crippen molar-refractivity contribution >= 4 is 21.6 Å². The van der Waals surface area contributed by atoms with E-state index in [9.17, 15) is 22.7 Å². The summed E-state index contributed by atoms with van der Waals surface area (Å²) in [7, 11) is -3.74. The second kappa shape index (κ2) is 8.37. The lowest BCUT2D eigenvalue weighted by atomic mass is 9.88. The fourth-order valence-electron chi connectivity index (χ4n) is 2.70. The van der Waals surface area contributed by atoms with Gasteiger partial charge in [0.05, 0.1) is 11.5 Å². The van der Waals surface area contributed by atoms with Crippen molar-refractivity contribution in [2.75, 3.05) is 5.75 Å². The van der Waals surface area contributed by atoms with E-state index in [0.29, 0.717) is 12.1 Å². The molecule has 0 aliphatic rings. The van der Waals surface area contributed by atoms with Crippen LogP contribution in [0.15, 0.2) is 23.2 Å². The maximum Gasteiger partial charge on any atom is 0.434 e. The van der Waals surface area contributed by atoms with Gasteiger partial charge in [0.2, 0.25) is 0 Å². The fraction of sp³-hybridized carbons (Fsp3) is 0.579. The Kier molecular flexibility index (Phi) is 7.16. The molecule has 0 aliphatic carbocycles. The number of amides is 1. The van der Waals surface area contributed by atoms with E-state index in [1.54, 1.807) is 41.5 Å². The number of halogens is 1. The first kappa shape index (κ1) is 23.1. The van der Waals surface area contributed by atoms with Gasteiger partial charge >= 0.3 is 6.09 Å². The number of carbonyl (C=O) groups excluding carboxylic acids is 1. The average Bonchev–Trinajstić information content (AvgIpc) is 2.45.